The van der Waals surface area contributed by atoms with Crippen molar-refractivity contribution >= 4 is 12.0 Å². The molecule has 1 amide bonds. The van der Waals surface area contributed by atoms with Gasteiger partial charge in [0.15, 0.2) is 0 Å². The Morgan fingerprint density at radius 2 is 2.19 bits per heavy atom. The van der Waals surface area contributed by atoms with Gasteiger partial charge in [-0.2, -0.15) is 0 Å². The van der Waals surface area contributed by atoms with E-state index < -0.39 is 0 Å². The minimum atomic E-state index is 0.0334. The van der Waals surface area contributed by atoms with E-state index in [1.165, 1.54) is 20.0 Å². The first kappa shape index (κ1) is 14.0. The van der Waals surface area contributed by atoms with Gasteiger partial charge in [0.25, 0.3) is 0 Å². The van der Waals surface area contributed by atoms with Crippen LogP contribution in [-0.2, 0) is 9.53 Å². The zero-order chi connectivity index (χ0) is 14.7. The number of hydrogen-bond acceptors (Lipinski definition) is 5. The Labute approximate surface area is 123 Å². The van der Waals surface area contributed by atoms with Crippen molar-refractivity contribution in [2.75, 3.05) is 26.9 Å². The van der Waals surface area contributed by atoms with Gasteiger partial charge in [-0.1, -0.05) is 0 Å². The molecule has 1 aliphatic carbocycles. The van der Waals surface area contributed by atoms with Crippen molar-refractivity contribution in [2.45, 2.75) is 18.9 Å². The van der Waals surface area contributed by atoms with E-state index in [2.05, 4.69) is 9.97 Å². The summed E-state index contributed by atoms with van der Waals surface area (Å²) in [4.78, 5) is 22.3. The highest BCUT2D eigenvalue weighted by molar-refractivity contribution is 5.92. The molecule has 1 saturated heterocycles. The topological polar surface area (TPSA) is 64.5 Å². The molecule has 0 aromatic carbocycles. The maximum Gasteiger partial charge on any atom is 0.316 e. The molecule has 2 heterocycles. The number of ether oxygens (including phenoxy) is 2. The van der Waals surface area contributed by atoms with Crippen molar-refractivity contribution < 1.29 is 14.3 Å². The van der Waals surface area contributed by atoms with Crippen molar-refractivity contribution in [1.29, 1.82) is 0 Å². The van der Waals surface area contributed by atoms with E-state index in [0.29, 0.717) is 31.7 Å². The Kier molecular flexibility index (Phi) is 4.15. The normalized spacial score (nSPS) is 22.5. The van der Waals surface area contributed by atoms with Crippen molar-refractivity contribution in [1.82, 2.24) is 14.9 Å². The van der Waals surface area contributed by atoms with Crippen molar-refractivity contribution in [2.24, 2.45) is 5.92 Å². The predicted octanol–water partition coefficient (Wildman–Crippen LogP) is 1.14. The molecule has 1 atom stereocenters. The van der Waals surface area contributed by atoms with Gasteiger partial charge in [-0.05, 0) is 24.8 Å². The first-order valence-electron chi connectivity index (χ1n) is 7.20. The molecule has 1 aromatic heterocycles. The molecule has 0 radical (unpaired) electrons. The molecule has 21 heavy (non-hydrogen) atoms. The second kappa shape index (κ2) is 6.22. The van der Waals surface area contributed by atoms with Crippen LogP contribution in [0.15, 0.2) is 18.5 Å². The van der Waals surface area contributed by atoms with E-state index in [9.17, 15) is 4.79 Å². The number of nitrogens with zero attached hydrogens (tertiary/aromatic N) is 3. The van der Waals surface area contributed by atoms with Crippen LogP contribution in [0.3, 0.4) is 0 Å². The van der Waals surface area contributed by atoms with Crippen LogP contribution in [0, 0.1) is 5.92 Å². The molecule has 112 valence electrons. The molecule has 0 spiro atoms. The summed E-state index contributed by atoms with van der Waals surface area (Å²) in [5, 5.41) is 0. The number of methoxy groups -OCH3 is 1. The predicted molar refractivity (Wildman–Crippen MR) is 76.7 cm³/mol. The molecule has 6 heteroatoms. The Morgan fingerprint density at radius 3 is 2.86 bits per heavy atom. The van der Waals surface area contributed by atoms with Crippen LogP contribution in [0.4, 0.5) is 0 Å². The summed E-state index contributed by atoms with van der Waals surface area (Å²) >= 11 is 0. The van der Waals surface area contributed by atoms with Crippen LogP contribution < -0.4 is 4.74 Å². The lowest BCUT2D eigenvalue weighted by atomic mass is 10.1. The van der Waals surface area contributed by atoms with Crippen LogP contribution in [0.1, 0.15) is 18.4 Å². The molecule has 2 fully saturated rings. The van der Waals surface area contributed by atoms with Crippen LogP contribution in [0.5, 0.6) is 6.01 Å². The third-order valence-electron chi connectivity index (χ3n) is 3.86. The summed E-state index contributed by atoms with van der Waals surface area (Å²) in [7, 11) is 1.52. The second-order valence-electron chi connectivity index (χ2n) is 5.35. The third kappa shape index (κ3) is 3.39. The summed E-state index contributed by atoms with van der Waals surface area (Å²) in [6, 6.07) is 0.559. The maximum absolute atomic E-state index is 12.4. The Bertz CT molecular complexity index is 525. The summed E-state index contributed by atoms with van der Waals surface area (Å²) in [5.74, 6) is 0.651. The van der Waals surface area contributed by atoms with Crippen molar-refractivity contribution in [3.05, 3.63) is 24.0 Å². The van der Waals surface area contributed by atoms with Gasteiger partial charge in [0.05, 0.1) is 26.4 Å². The minimum Gasteiger partial charge on any atom is -0.467 e. The number of rotatable bonds is 4. The fourth-order valence-electron chi connectivity index (χ4n) is 2.55. The number of amides is 1. The van der Waals surface area contributed by atoms with Gasteiger partial charge in [0, 0.05) is 30.6 Å². The van der Waals surface area contributed by atoms with Gasteiger partial charge in [0.2, 0.25) is 5.91 Å². The minimum absolute atomic E-state index is 0.0334. The van der Waals surface area contributed by atoms with E-state index in [1.807, 2.05) is 4.90 Å². The molecule has 1 aromatic rings. The Balaban J connectivity index is 1.64. The second-order valence-corrected chi connectivity index (χ2v) is 5.35. The fourth-order valence-corrected chi connectivity index (χ4v) is 2.55. The van der Waals surface area contributed by atoms with Crippen molar-refractivity contribution in [3.8, 4) is 6.01 Å². The van der Waals surface area contributed by atoms with E-state index in [1.54, 1.807) is 24.5 Å². The third-order valence-corrected chi connectivity index (χ3v) is 3.86. The van der Waals surface area contributed by atoms with Gasteiger partial charge in [-0.15, -0.1) is 0 Å². The summed E-state index contributed by atoms with van der Waals surface area (Å²) in [6.07, 6.45) is 9.00. The molecule has 0 bridgehead atoms. The molecule has 0 N–H and O–H groups in total. The summed E-state index contributed by atoms with van der Waals surface area (Å²) in [6.45, 7) is 1.95. The van der Waals surface area contributed by atoms with Crippen LogP contribution in [0.25, 0.3) is 6.08 Å². The van der Waals surface area contributed by atoms with Gasteiger partial charge < -0.3 is 14.4 Å². The number of carbonyl (C=O) groups excluding carboxylic acids is 1. The van der Waals surface area contributed by atoms with Crippen molar-refractivity contribution in [3.63, 3.8) is 0 Å². The molecule has 3 rings (SSSR count). The van der Waals surface area contributed by atoms with Crippen LogP contribution in [-0.4, -0.2) is 53.7 Å². The number of carbonyl (C=O) groups is 1. The van der Waals surface area contributed by atoms with E-state index in [-0.39, 0.29) is 11.9 Å². The van der Waals surface area contributed by atoms with Gasteiger partial charge >= 0.3 is 6.01 Å². The zero-order valence-electron chi connectivity index (χ0n) is 12.1. The maximum atomic E-state index is 12.4. The lowest BCUT2D eigenvalue weighted by Gasteiger charge is -2.35. The average molecular weight is 289 g/mol. The standard InChI is InChI=1S/C15H19N3O3/c1-20-15-16-8-11(9-17-15)2-5-14(19)18-6-7-21-10-13(18)12-3-4-12/h2,5,8-9,12-13H,3-4,6-7,10H2,1H3/b5-2+. The molecular weight excluding hydrogens is 270 g/mol. The molecule has 1 unspecified atom stereocenters. The number of morpholine rings is 1. The van der Waals surface area contributed by atoms with Crippen LogP contribution in [0.2, 0.25) is 0 Å². The smallest absolute Gasteiger partial charge is 0.316 e. The lowest BCUT2D eigenvalue weighted by Crippen LogP contribution is -2.49. The molecular formula is C15H19N3O3. The first-order chi connectivity index (χ1) is 10.3. The van der Waals surface area contributed by atoms with Crippen LogP contribution >= 0.6 is 0 Å². The van der Waals surface area contributed by atoms with E-state index >= 15 is 0 Å². The Morgan fingerprint density at radius 1 is 1.43 bits per heavy atom. The quantitative estimate of drug-likeness (QED) is 0.778. The molecule has 1 aliphatic heterocycles. The lowest BCUT2D eigenvalue weighted by molar-refractivity contribution is -0.135. The first-order valence-corrected chi connectivity index (χ1v) is 7.20. The average Bonchev–Trinajstić information content (AvgIpc) is 3.38. The number of aromatic nitrogens is 2. The SMILES string of the molecule is COc1ncc(/C=C/C(=O)N2CCOCC2C2CC2)cn1. The highest BCUT2D eigenvalue weighted by Gasteiger charge is 2.38. The molecule has 6 nitrogen and oxygen atoms in total. The fraction of sp³-hybridized carbons (Fsp3) is 0.533. The van der Waals surface area contributed by atoms with E-state index in [4.69, 9.17) is 9.47 Å². The van der Waals surface area contributed by atoms with Gasteiger partial charge in [0.1, 0.15) is 0 Å². The summed E-state index contributed by atoms with van der Waals surface area (Å²) < 4.78 is 10.4. The highest BCUT2D eigenvalue weighted by Crippen LogP contribution is 2.36. The highest BCUT2D eigenvalue weighted by atomic mass is 16.5. The van der Waals surface area contributed by atoms with E-state index in [0.717, 1.165) is 5.56 Å². The van der Waals surface area contributed by atoms with Gasteiger partial charge in [-0.25, -0.2) is 9.97 Å². The monoisotopic (exact) mass is 289 g/mol. The van der Waals surface area contributed by atoms with Gasteiger partial charge in [-0.3, -0.25) is 4.79 Å². The Hall–Kier alpha value is -1.95. The largest absolute Gasteiger partial charge is 0.467 e. The molecule has 1 saturated carbocycles. The number of hydrogen-bond donors (Lipinski definition) is 0. The molecule has 2 aliphatic rings. The zero-order valence-corrected chi connectivity index (χ0v) is 12.1. The summed E-state index contributed by atoms with van der Waals surface area (Å²) in [5.41, 5.74) is 0.778.